The van der Waals surface area contributed by atoms with E-state index in [1.54, 1.807) is 4.31 Å². The van der Waals surface area contributed by atoms with Gasteiger partial charge in [0.25, 0.3) is 0 Å². The summed E-state index contributed by atoms with van der Waals surface area (Å²) in [7, 11) is -3.28. The number of para-hydroxylation sites is 1. The average Bonchev–Trinajstić information content (AvgIpc) is 2.94. The zero-order valence-corrected chi connectivity index (χ0v) is 14.7. The lowest BCUT2D eigenvalue weighted by atomic mass is 10.1. The van der Waals surface area contributed by atoms with Crippen LogP contribution in [0.3, 0.4) is 0 Å². The first-order valence-electron chi connectivity index (χ1n) is 8.41. The third-order valence-electron chi connectivity index (χ3n) is 5.19. The molecule has 4 nitrogen and oxygen atoms in total. The molecule has 1 saturated heterocycles. The predicted octanol–water partition coefficient (Wildman–Crippen LogP) is 2.57. The van der Waals surface area contributed by atoms with Gasteiger partial charge in [-0.3, -0.25) is 0 Å². The fourth-order valence-electron chi connectivity index (χ4n) is 3.85. The molecule has 24 heavy (non-hydrogen) atoms. The van der Waals surface area contributed by atoms with Gasteiger partial charge in [0.1, 0.15) is 0 Å². The van der Waals surface area contributed by atoms with Gasteiger partial charge >= 0.3 is 0 Å². The Morgan fingerprint density at radius 2 is 1.79 bits per heavy atom. The summed E-state index contributed by atoms with van der Waals surface area (Å²) in [6.45, 7) is 3.90. The van der Waals surface area contributed by atoms with Crippen molar-refractivity contribution in [2.45, 2.75) is 25.1 Å². The Morgan fingerprint density at radius 3 is 2.62 bits per heavy atom. The van der Waals surface area contributed by atoms with Crippen LogP contribution in [0.25, 0.3) is 0 Å². The molecule has 2 heterocycles. The van der Waals surface area contributed by atoms with E-state index in [-0.39, 0.29) is 11.8 Å². The molecule has 2 aliphatic heterocycles. The molecule has 2 aromatic carbocycles. The van der Waals surface area contributed by atoms with Gasteiger partial charge in [0, 0.05) is 31.4 Å². The molecule has 0 N–H and O–H groups in total. The van der Waals surface area contributed by atoms with Crippen molar-refractivity contribution >= 4 is 15.7 Å². The minimum atomic E-state index is -3.28. The summed E-state index contributed by atoms with van der Waals surface area (Å²) in [5, 5.41) is 0. The molecule has 0 saturated carbocycles. The Hall–Kier alpha value is -1.85. The molecule has 5 heteroatoms. The minimum absolute atomic E-state index is 0.0966. The molecule has 0 amide bonds. The summed E-state index contributed by atoms with van der Waals surface area (Å²) in [4.78, 5) is 2.37. The van der Waals surface area contributed by atoms with Crippen LogP contribution in [0.4, 0.5) is 5.69 Å². The number of fused-ring (bicyclic) bond motifs is 3. The number of hydrogen-bond donors (Lipinski definition) is 0. The highest BCUT2D eigenvalue weighted by molar-refractivity contribution is 7.88. The van der Waals surface area contributed by atoms with Gasteiger partial charge in [-0.15, -0.1) is 0 Å². The van der Waals surface area contributed by atoms with Crippen LogP contribution in [0.2, 0.25) is 0 Å². The second kappa shape index (κ2) is 5.90. The molecule has 1 fully saturated rings. The fourth-order valence-corrected chi connectivity index (χ4v) is 5.51. The van der Waals surface area contributed by atoms with Crippen LogP contribution in [0.5, 0.6) is 0 Å². The van der Waals surface area contributed by atoms with E-state index in [4.69, 9.17) is 0 Å². The van der Waals surface area contributed by atoms with Crippen LogP contribution in [-0.4, -0.2) is 38.4 Å². The zero-order chi connectivity index (χ0) is 16.7. The Labute approximate surface area is 143 Å². The lowest BCUT2D eigenvalue weighted by Gasteiger charge is -2.38. The summed E-state index contributed by atoms with van der Waals surface area (Å²) in [5.74, 6) is 0.0966. The molecular weight excluding hydrogens is 320 g/mol. The standard InChI is InChI=1S/C19H22N2O2S/c1-15-6-2-3-8-17(15)14-24(22,23)20-10-11-21-18(13-20)12-16-7-4-5-9-19(16)21/h2-9,18H,10-14H2,1H3. The molecule has 2 aliphatic rings. The smallest absolute Gasteiger partial charge is 0.218 e. The first-order valence-corrected chi connectivity index (χ1v) is 10.0. The van der Waals surface area contributed by atoms with Crippen LogP contribution in [0, 0.1) is 6.92 Å². The highest BCUT2D eigenvalue weighted by atomic mass is 32.2. The van der Waals surface area contributed by atoms with E-state index in [9.17, 15) is 8.42 Å². The van der Waals surface area contributed by atoms with E-state index in [1.807, 2.05) is 31.2 Å². The van der Waals surface area contributed by atoms with Gasteiger partial charge in [0.05, 0.1) is 5.75 Å². The molecule has 0 radical (unpaired) electrons. The van der Waals surface area contributed by atoms with Gasteiger partial charge < -0.3 is 4.90 Å². The molecule has 0 aliphatic carbocycles. The molecule has 0 aromatic heterocycles. The van der Waals surface area contributed by atoms with Crippen molar-refractivity contribution in [2.75, 3.05) is 24.5 Å². The Morgan fingerprint density at radius 1 is 1.04 bits per heavy atom. The first kappa shape index (κ1) is 15.7. The van der Waals surface area contributed by atoms with E-state index in [1.165, 1.54) is 11.3 Å². The third-order valence-corrected chi connectivity index (χ3v) is 6.99. The number of hydrogen-bond acceptors (Lipinski definition) is 3. The van der Waals surface area contributed by atoms with Crippen molar-refractivity contribution in [2.24, 2.45) is 0 Å². The van der Waals surface area contributed by atoms with Crippen LogP contribution in [0.15, 0.2) is 48.5 Å². The number of sulfonamides is 1. The number of piperazine rings is 1. The number of benzene rings is 2. The fraction of sp³-hybridized carbons (Fsp3) is 0.368. The van der Waals surface area contributed by atoms with Crippen molar-refractivity contribution in [3.05, 3.63) is 65.2 Å². The van der Waals surface area contributed by atoms with E-state index in [0.717, 1.165) is 24.1 Å². The van der Waals surface area contributed by atoms with Gasteiger partial charge in [-0.25, -0.2) is 8.42 Å². The Kier molecular flexibility index (Phi) is 3.85. The molecule has 2 aromatic rings. The van der Waals surface area contributed by atoms with Gasteiger partial charge in [0.2, 0.25) is 10.0 Å². The molecular formula is C19H22N2O2S. The Bertz CT molecular complexity index is 863. The van der Waals surface area contributed by atoms with Crippen molar-refractivity contribution in [3.8, 4) is 0 Å². The second-order valence-electron chi connectivity index (χ2n) is 6.72. The first-order chi connectivity index (χ1) is 11.5. The van der Waals surface area contributed by atoms with Crippen molar-refractivity contribution in [3.63, 3.8) is 0 Å². The zero-order valence-electron chi connectivity index (χ0n) is 13.9. The van der Waals surface area contributed by atoms with Gasteiger partial charge in [0.15, 0.2) is 0 Å². The SMILES string of the molecule is Cc1ccccc1CS(=O)(=O)N1CCN2c3ccccc3CC2C1. The molecule has 0 bridgehead atoms. The molecule has 0 spiro atoms. The topological polar surface area (TPSA) is 40.6 Å². The summed E-state index contributed by atoms with van der Waals surface area (Å²) < 4.78 is 27.4. The van der Waals surface area contributed by atoms with E-state index in [2.05, 4.69) is 29.2 Å². The van der Waals surface area contributed by atoms with Crippen molar-refractivity contribution < 1.29 is 8.42 Å². The summed E-state index contributed by atoms with van der Waals surface area (Å²) in [5.41, 5.74) is 4.54. The predicted molar refractivity (Wildman–Crippen MR) is 96.7 cm³/mol. The molecule has 126 valence electrons. The van der Waals surface area contributed by atoms with Crippen molar-refractivity contribution in [1.82, 2.24) is 4.31 Å². The lowest BCUT2D eigenvalue weighted by Crippen LogP contribution is -2.53. The molecule has 4 rings (SSSR count). The molecule has 1 atom stereocenters. The maximum atomic E-state index is 12.9. The van der Waals surface area contributed by atoms with Gasteiger partial charge in [-0.05, 0) is 36.1 Å². The highest BCUT2D eigenvalue weighted by Gasteiger charge is 2.37. The normalized spacial score (nSPS) is 20.7. The van der Waals surface area contributed by atoms with E-state index < -0.39 is 10.0 Å². The summed E-state index contributed by atoms with van der Waals surface area (Å²) >= 11 is 0. The third kappa shape index (κ3) is 2.72. The number of rotatable bonds is 3. The number of anilines is 1. The van der Waals surface area contributed by atoms with Crippen molar-refractivity contribution in [1.29, 1.82) is 0 Å². The summed E-state index contributed by atoms with van der Waals surface area (Å²) in [6.07, 6.45) is 0.937. The summed E-state index contributed by atoms with van der Waals surface area (Å²) in [6, 6.07) is 16.4. The van der Waals surface area contributed by atoms with Gasteiger partial charge in [-0.1, -0.05) is 42.5 Å². The van der Waals surface area contributed by atoms with Crippen LogP contribution in [0.1, 0.15) is 16.7 Å². The van der Waals surface area contributed by atoms with E-state index in [0.29, 0.717) is 13.1 Å². The number of nitrogens with zero attached hydrogens (tertiary/aromatic N) is 2. The van der Waals surface area contributed by atoms with Gasteiger partial charge in [-0.2, -0.15) is 4.31 Å². The largest absolute Gasteiger partial charge is 0.365 e. The monoisotopic (exact) mass is 342 g/mol. The van der Waals surface area contributed by atoms with E-state index >= 15 is 0 Å². The maximum absolute atomic E-state index is 12.9. The minimum Gasteiger partial charge on any atom is -0.365 e. The van der Waals surface area contributed by atoms with Crippen LogP contribution < -0.4 is 4.90 Å². The van der Waals surface area contributed by atoms with Crippen LogP contribution in [-0.2, 0) is 22.2 Å². The average molecular weight is 342 g/mol. The Balaban J connectivity index is 1.52. The molecule has 1 unspecified atom stereocenters. The second-order valence-corrected chi connectivity index (χ2v) is 8.69. The maximum Gasteiger partial charge on any atom is 0.218 e. The quantitative estimate of drug-likeness (QED) is 0.861. The van der Waals surface area contributed by atoms with Crippen LogP contribution >= 0.6 is 0 Å². The number of aryl methyl sites for hydroxylation is 1. The lowest BCUT2D eigenvalue weighted by molar-refractivity contribution is 0.339. The highest BCUT2D eigenvalue weighted by Crippen LogP contribution is 2.34.